The molecule has 0 radical (unpaired) electrons. The van der Waals surface area contributed by atoms with Crippen LogP contribution in [0.4, 0.5) is 5.13 Å². The maximum absolute atomic E-state index is 12.1. The average molecular weight is 374 g/mol. The zero-order valence-corrected chi connectivity index (χ0v) is 15.5. The van der Waals surface area contributed by atoms with Crippen molar-refractivity contribution >= 4 is 28.3 Å². The van der Waals surface area contributed by atoms with E-state index in [1.54, 1.807) is 24.3 Å². The Morgan fingerprint density at radius 1 is 1.23 bits per heavy atom. The molecule has 1 heterocycles. The predicted octanol–water partition coefficient (Wildman–Crippen LogP) is 2.96. The third kappa shape index (κ3) is 5.26. The Bertz CT molecular complexity index is 756. The number of aromatic nitrogens is 2. The van der Waals surface area contributed by atoms with Gasteiger partial charge in [-0.1, -0.05) is 24.7 Å². The lowest BCUT2D eigenvalue weighted by molar-refractivity contribution is -0.115. The largest absolute Gasteiger partial charge is 0.494 e. The van der Waals surface area contributed by atoms with Crippen molar-refractivity contribution in [3.05, 3.63) is 34.8 Å². The van der Waals surface area contributed by atoms with E-state index >= 15 is 0 Å². The number of hydrogen-bond donors (Lipinski definition) is 2. The third-order valence-corrected chi connectivity index (χ3v) is 4.91. The van der Waals surface area contributed by atoms with Gasteiger partial charge in [0.1, 0.15) is 10.8 Å². The molecule has 1 saturated carbocycles. The van der Waals surface area contributed by atoms with Gasteiger partial charge >= 0.3 is 0 Å². The van der Waals surface area contributed by atoms with Gasteiger partial charge in [-0.2, -0.15) is 0 Å². The highest BCUT2D eigenvalue weighted by atomic mass is 32.1. The van der Waals surface area contributed by atoms with Gasteiger partial charge in [-0.25, -0.2) is 0 Å². The van der Waals surface area contributed by atoms with E-state index in [4.69, 9.17) is 4.74 Å². The molecular weight excluding hydrogens is 352 g/mol. The SMILES string of the molecule is CCCCOc1ccc(C(=O)NCC(=O)Nc2nnc(C3CC3)s2)cc1. The molecule has 0 bridgehead atoms. The Hall–Kier alpha value is -2.48. The predicted molar refractivity (Wildman–Crippen MR) is 99.7 cm³/mol. The van der Waals surface area contributed by atoms with E-state index in [0.717, 1.165) is 36.4 Å². The molecule has 0 atom stereocenters. The minimum absolute atomic E-state index is 0.119. The summed E-state index contributed by atoms with van der Waals surface area (Å²) in [6.45, 7) is 2.65. The average Bonchev–Trinajstić information content (AvgIpc) is 3.40. The quantitative estimate of drug-likeness (QED) is 0.658. The van der Waals surface area contributed by atoms with E-state index in [9.17, 15) is 9.59 Å². The van der Waals surface area contributed by atoms with Crippen molar-refractivity contribution in [2.45, 2.75) is 38.5 Å². The van der Waals surface area contributed by atoms with Crippen LogP contribution >= 0.6 is 11.3 Å². The molecule has 8 heteroatoms. The Morgan fingerprint density at radius 3 is 2.69 bits per heavy atom. The van der Waals surface area contributed by atoms with Gasteiger partial charge in [0.2, 0.25) is 11.0 Å². The summed E-state index contributed by atoms with van der Waals surface area (Å²) in [5, 5.41) is 14.7. The molecule has 0 unspecified atom stereocenters. The smallest absolute Gasteiger partial charge is 0.251 e. The molecule has 0 spiro atoms. The molecule has 1 aromatic heterocycles. The number of nitrogens with zero attached hydrogens (tertiary/aromatic N) is 2. The maximum Gasteiger partial charge on any atom is 0.251 e. The van der Waals surface area contributed by atoms with E-state index in [2.05, 4.69) is 27.8 Å². The molecule has 1 aliphatic rings. The maximum atomic E-state index is 12.1. The van der Waals surface area contributed by atoms with Crippen LogP contribution in [0.15, 0.2) is 24.3 Å². The van der Waals surface area contributed by atoms with Crippen LogP contribution < -0.4 is 15.4 Å². The van der Waals surface area contributed by atoms with Crippen LogP contribution in [0.5, 0.6) is 5.75 Å². The van der Waals surface area contributed by atoms with Crippen molar-refractivity contribution in [1.29, 1.82) is 0 Å². The van der Waals surface area contributed by atoms with Crippen LogP contribution in [-0.2, 0) is 4.79 Å². The molecule has 0 saturated heterocycles. The summed E-state index contributed by atoms with van der Waals surface area (Å²) in [6, 6.07) is 6.87. The normalized spacial score (nSPS) is 13.3. The van der Waals surface area contributed by atoms with Crippen LogP contribution in [0.3, 0.4) is 0 Å². The standard InChI is InChI=1S/C18H22N4O3S/c1-2-3-10-25-14-8-6-12(7-9-14)16(24)19-11-15(23)20-18-22-21-17(26-18)13-4-5-13/h6-9,13H,2-5,10-11H2,1H3,(H,19,24)(H,20,22,23). The molecule has 1 fully saturated rings. The zero-order chi connectivity index (χ0) is 18.4. The van der Waals surface area contributed by atoms with Gasteiger partial charge in [0, 0.05) is 11.5 Å². The molecule has 1 aromatic carbocycles. The lowest BCUT2D eigenvalue weighted by Gasteiger charge is -2.07. The molecule has 26 heavy (non-hydrogen) atoms. The lowest BCUT2D eigenvalue weighted by Crippen LogP contribution is -2.32. The summed E-state index contributed by atoms with van der Waals surface area (Å²) < 4.78 is 5.56. The first-order valence-corrected chi connectivity index (χ1v) is 9.61. The van der Waals surface area contributed by atoms with Crippen molar-refractivity contribution in [2.24, 2.45) is 0 Å². The van der Waals surface area contributed by atoms with Crippen LogP contribution in [-0.4, -0.2) is 35.2 Å². The van der Waals surface area contributed by atoms with Gasteiger partial charge in [0.15, 0.2) is 0 Å². The second kappa shape index (κ2) is 8.75. The van der Waals surface area contributed by atoms with Crippen molar-refractivity contribution in [3.8, 4) is 5.75 Å². The Kier molecular flexibility index (Phi) is 6.17. The van der Waals surface area contributed by atoms with Gasteiger partial charge < -0.3 is 10.1 Å². The summed E-state index contributed by atoms with van der Waals surface area (Å²) in [7, 11) is 0. The van der Waals surface area contributed by atoms with E-state index < -0.39 is 0 Å². The first-order valence-electron chi connectivity index (χ1n) is 8.80. The monoisotopic (exact) mass is 374 g/mol. The third-order valence-electron chi connectivity index (χ3n) is 3.91. The summed E-state index contributed by atoms with van der Waals surface area (Å²) >= 11 is 1.39. The summed E-state index contributed by atoms with van der Waals surface area (Å²) in [5.41, 5.74) is 0.479. The van der Waals surface area contributed by atoms with E-state index in [-0.39, 0.29) is 18.4 Å². The summed E-state index contributed by atoms with van der Waals surface area (Å²) in [4.78, 5) is 24.1. The second-order valence-corrected chi connectivity index (χ2v) is 7.19. The van der Waals surface area contributed by atoms with Gasteiger partial charge in [-0.3, -0.25) is 14.9 Å². The molecular formula is C18H22N4O3S. The number of carbonyl (C=O) groups is 2. The number of benzene rings is 1. The summed E-state index contributed by atoms with van der Waals surface area (Å²) in [6.07, 6.45) is 4.34. The van der Waals surface area contributed by atoms with Crippen LogP contribution in [0.1, 0.15) is 53.9 Å². The molecule has 2 amide bonds. The number of rotatable bonds is 9. The van der Waals surface area contributed by atoms with Gasteiger partial charge in [-0.15, -0.1) is 10.2 Å². The molecule has 3 rings (SSSR count). The Labute approximate surface area is 156 Å². The van der Waals surface area contributed by atoms with Crippen LogP contribution in [0.25, 0.3) is 0 Å². The van der Waals surface area contributed by atoms with Crippen LogP contribution in [0, 0.1) is 0 Å². The van der Waals surface area contributed by atoms with E-state index in [1.165, 1.54) is 11.3 Å². The number of hydrogen-bond acceptors (Lipinski definition) is 6. The highest BCUT2D eigenvalue weighted by Crippen LogP contribution is 2.41. The first-order chi connectivity index (χ1) is 12.7. The molecule has 0 aliphatic heterocycles. The Balaban J connectivity index is 1.42. The number of amides is 2. The fraction of sp³-hybridized carbons (Fsp3) is 0.444. The highest BCUT2D eigenvalue weighted by molar-refractivity contribution is 7.15. The number of unbranched alkanes of at least 4 members (excludes halogenated alkanes) is 1. The highest BCUT2D eigenvalue weighted by Gasteiger charge is 2.27. The number of ether oxygens (including phenoxy) is 1. The fourth-order valence-corrected chi connectivity index (χ4v) is 3.17. The van der Waals surface area contributed by atoms with Gasteiger partial charge in [-0.05, 0) is 43.5 Å². The fourth-order valence-electron chi connectivity index (χ4n) is 2.24. The summed E-state index contributed by atoms with van der Waals surface area (Å²) in [5.74, 6) is 0.606. The lowest BCUT2D eigenvalue weighted by atomic mass is 10.2. The van der Waals surface area contributed by atoms with E-state index in [0.29, 0.717) is 23.2 Å². The van der Waals surface area contributed by atoms with Gasteiger partial charge in [0.05, 0.1) is 13.2 Å². The molecule has 1 aliphatic carbocycles. The molecule has 138 valence electrons. The molecule has 7 nitrogen and oxygen atoms in total. The van der Waals surface area contributed by atoms with Crippen LogP contribution in [0.2, 0.25) is 0 Å². The number of carbonyl (C=O) groups excluding carboxylic acids is 2. The van der Waals surface area contributed by atoms with Crippen molar-refractivity contribution in [1.82, 2.24) is 15.5 Å². The molecule has 2 aromatic rings. The first kappa shape index (κ1) is 18.3. The number of nitrogens with one attached hydrogen (secondary N) is 2. The minimum Gasteiger partial charge on any atom is -0.494 e. The molecule has 2 N–H and O–H groups in total. The van der Waals surface area contributed by atoms with Gasteiger partial charge in [0.25, 0.3) is 5.91 Å². The number of anilines is 1. The van der Waals surface area contributed by atoms with Crippen molar-refractivity contribution < 1.29 is 14.3 Å². The van der Waals surface area contributed by atoms with Crippen molar-refractivity contribution in [3.63, 3.8) is 0 Å². The minimum atomic E-state index is -0.323. The zero-order valence-electron chi connectivity index (χ0n) is 14.7. The second-order valence-electron chi connectivity index (χ2n) is 6.18. The van der Waals surface area contributed by atoms with E-state index in [1.807, 2.05) is 0 Å². The topological polar surface area (TPSA) is 93.2 Å². The van der Waals surface area contributed by atoms with Crippen molar-refractivity contribution in [2.75, 3.05) is 18.5 Å². The Morgan fingerprint density at radius 2 is 2.00 bits per heavy atom.